The first-order valence-corrected chi connectivity index (χ1v) is 7.95. The molecule has 0 aliphatic rings. The van der Waals surface area contributed by atoms with E-state index in [4.69, 9.17) is 4.74 Å². The van der Waals surface area contributed by atoms with Crippen molar-refractivity contribution >= 4 is 0 Å². The molecule has 0 fully saturated rings. The number of aryl methyl sites for hydroxylation is 1. The van der Waals surface area contributed by atoms with Gasteiger partial charge in [0.15, 0.2) is 0 Å². The molecule has 1 rings (SSSR count). The predicted molar refractivity (Wildman–Crippen MR) is 88.4 cm³/mol. The van der Waals surface area contributed by atoms with Crippen LogP contribution in [0.4, 0.5) is 0 Å². The smallest absolute Gasteiger partial charge is 0.0900 e. The first-order valence-electron chi connectivity index (χ1n) is 7.95. The van der Waals surface area contributed by atoms with E-state index < -0.39 is 6.10 Å². The van der Waals surface area contributed by atoms with E-state index in [2.05, 4.69) is 49.9 Å². The van der Waals surface area contributed by atoms with Gasteiger partial charge in [0.1, 0.15) is 0 Å². The summed E-state index contributed by atoms with van der Waals surface area (Å²) in [5, 5.41) is 10.2. The monoisotopic (exact) mass is 293 g/mol. The van der Waals surface area contributed by atoms with Gasteiger partial charge in [-0.15, -0.1) is 0 Å². The summed E-state index contributed by atoms with van der Waals surface area (Å²) < 4.78 is 5.51. The van der Waals surface area contributed by atoms with Gasteiger partial charge in [-0.2, -0.15) is 0 Å². The van der Waals surface area contributed by atoms with Crippen LogP contribution in [0, 0.1) is 12.8 Å². The highest BCUT2D eigenvalue weighted by atomic mass is 16.5. The normalized spacial score (nSPS) is 13.4. The molecule has 3 heteroatoms. The average Bonchev–Trinajstić information content (AvgIpc) is 2.38. The van der Waals surface area contributed by atoms with Gasteiger partial charge in [0, 0.05) is 19.6 Å². The number of aliphatic hydroxyl groups excluding tert-OH is 1. The summed E-state index contributed by atoms with van der Waals surface area (Å²) in [6.07, 6.45) is -0.273. The van der Waals surface area contributed by atoms with E-state index in [1.807, 2.05) is 13.8 Å². The first-order chi connectivity index (χ1) is 9.88. The Kier molecular flexibility index (Phi) is 7.94. The van der Waals surface area contributed by atoms with E-state index in [0.29, 0.717) is 19.1 Å². The van der Waals surface area contributed by atoms with Crippen LogP contribution in [0.2, 0.25) is 0 Å². The fourth-order valence-electron chi connectivity index (χ4n) is 2.40. The highest BCUT2D eigenvalue weighted by Crippen LogP contribution is 2.12. The molecular formula is C18H31NO2. The van der Waals surface area contributed by atoms with Crippen LogP contribution in [0.3, 0.4) is 0 Å². The largest absolute Gasteiger partial charge is 0.389 e. The van der Waals surface area contributed by atoms with E-state index in [1.165, 1.54) is 11.1 Å². The number of rotatable bonds is 9. The molecule has 120 valence electrons. The van der Waals surface area contributed by atoms with E-state index >= 15 is 0 Å². The van der Waals surface area contributed by atoms with Gasteiger partial charge in [0.2, 0.25) is 0 Å². The van der Waals surface area contributed by atoms with Crippen LogP contribution in [0.25, 0.3) is 0 Å². The summed E-state index contributed by atoms with van der Waals surface area (Å²) in [5.74, 6) is 0.576. The molecule has 1 atom stereocenters. The Bertz CT molecular complexity index is 404. The Labute approximate surface area is 129 Å². The van der Waals surface area contributed by atoms with E-state index in [0.717, 1.165) is 13.1 Å². The number of aliphatic hydroxyl groups is 1. The van der Waals surface area contributed by atoms with E-state index in [-0.39, 0.29) is 6.10 Å². The molecule has 0 heterocycles. The van der Waals surface area contributed by atoms with Gasteiger partial charge in [0.25, 0.3) is 0 Å². The third-order valence-corrected chi connectivity index (χ3v) is 3.37. The predicted octanol–water partition coefficient (Wildman–Crippen LogP) is 3.24. The van der Waals surface area contributed by atoms with Crippen LogP contribution in [-0.4, -0.2) is 41.9 Å². The molecule has 0 bridgehead atoms. The van der Waals surface area contributed by atoms with Crippen LogP contribution in [0.1, 0.15) is 38.8 Å². The molecule has 1 unspecified atom stereocenters. The molecule has 0 amide bonds. The minimum atomic E-state index is -0.435. The van der Waals surface area contributed by atoms with Gasteiger partial charge < -0.3 is 9.84 Å². The quantitative estimate of drug-likeness (QED) is 0.758. The molecule has 1 aromatic rings. The molecule has 0 saturated heterocycles. The lowest BCUT2D eigenvalue weighted by Crippen LogP contribution is -2.37. The third-order valence-electron chi connectivity index (χ3n) is 3.37. The van der Waals surface area contributed by atoms with Crippen LogP contribution < -0.4 is 0 Å². The Morgan fingerprint density at radius 1 is 1.10 bits per heavy atom. The van der Waals surface area contributed by atoms with Gasteiger partial charge >= 0.3 is 0 Å². The summed E-state index contributed by atoms with van der Waals surface area (Å²) in [6.45, 7) is 13.5. The molecule has 1 N–H and O–H groups in total. The third kappa shape index (κ3) is 7.60. The summed E-state index contributed by atoms with van der Waals surface area (Å²) in [6, 6.07) is 8.45. The maximum Gasteiger partial charge on any atom is 0.0900 e. The first kappa shape index (κ1) is 18.1. The fraction of sp³-hybridized carbons (Fsp3) is 0.667. The maximum absolute atomic E-state index is 10.2. The van der Waals surface area contributed by atoms with Gasteiger partial charge in [-0.25, -0.2) is 0 Å². The van der Waals surface area contributed by atoms with Crippen LogP contribution in [-0.2, 0) is 11.3 Å². The number of nitrogens with zero attached hydrogens (tertiary/aromatic N) is 1. The fourth-order valence-corrected chi connectivity index (χ4v) is 2.40. The molecule has 0 spiro atoms. The zero-order valence-corrected chi connectivity index (χ0v) is 14.2. The molecule has 0 radical (unpaired) electrons. The molecular weight excluding hydrogens is 262 g/mol. The summed E-state index contributed by atoms with van der Waals surface area (Å²) >= 11 is 0. The molecule has 0 aliphatic carbocycles. The highest BCUT2D eigenvalue weighted by Gasteiger charge is 2.15. The lowest BCUT2D eigenvalue weighted by molar-refractivity contribution is -0.0108. The van der Waals surface area contributed by atoms with Crippen LogP contribution in [0.5, 0.6) is 0 Å². The molecule has 0 saturated carbocycles. The number of ether oxygens (including phenoxy) is 1. The second kappa shape index (κ2) is 9.19. The minimum Gasteiger partial charge on any atom is -0.389 e. The van der Waals surface area contributed by atoms with Crippen LogP contribution >= 0.6 is 0 Å². The summed E-state index contributed by atoms with van der Waals surface area (Å²) in [4.78, 5) is 2.32. The van der Waals surface area contributed by atoms with Crippen molar-refractivity contribution in [1.82, 2.24) is 4.90 Å². The van der Waals surface area contributed by atoms with Crippen molar-refractivity contribution in [3.8, 4) is 0 Å². The van der Waals surface area contributed by atoms with Crippen molar-refractivity contribution < 1.29 is 9.84 Å². The van der Waals surface area contributed by atoms with Crippen molar-refractivity contribution in [2.45, 2.75) is 53.4 Å². The Balaban J connectivity index is 2.61. The average molecular weight is 293 g/mol. The lowest BCUT2D eigenvalue weighted by atomic mass is 10.1. The van der Waals surface area contributed by atoms with Crippen molar-refractivity contribution in [3.63, 3.8) is 0 Å². The van der Waals surface area contributed by atoms with E-state index in [1.54, 1.807) is 0 Å². The molecule has 3 nitrogen and oxygen atoms in total. The van der Waals surface area contributed by atoms with E-state index in [9.17, 15) is 5.11 Å². The van der Waals surface area contributed by atoms with Crippen molar-refractivity contribution in [2.24, 2.45) is 5.92 Å². The number of hydrogen-bond acceptors (Lipinski definition) is 3. The minimum absolute atomic E-state index is 0.162. The summed E-state index contributed by atoms with van der Waals surface area (Å²) in [5.41, 5.74) is 2.63. The molecule has 0 aliphatic heterocycles. The zero-order chi connectivity index (χ0) is 15.8. The van der Waals surface area contributed by atoms with Crippen LogP contribution in [0.15, 0.2) is 24.3 Å². The lowest BCUT2D eigenvalue weighted by Gasteiger charge is -2.27. The second-order valence-corrected chi connectivity index (χ2v) is 6.55. The SMILES string of the molecule is Cc1ccccc1CN(CC(C)C)CC(O)COC(C)C. The van der Waals surface area contributed by atoms with Crippen molar-refractivity contribution in [2.75, 3.05) is 19.7 Å². The Morgan fingerprint density at radius 3 is 2.33 bits per heavy atom. The topological polar surface area (TPSA) is 32.7 Å². The Hall–Kier alpha value is -0.900. The standard InChI is InChI=1S/C18H31NO2/c1-14(2)10-19(12-18(20)13-21-15(3)4)11-17-9-7-6-8-16(17)5/h6-9,14-15,18,20H,10-13H2,1-5H3. The molecule has 21 heavy (non-hydrogen) atoms. The molecule has 1 aromatic carbocycles. The van der Waals surface area contributed by atoms with Gasteiger partial charge in [-0.3, -0.25) is 4.90 Å². The van der Waals surface area contributed by atoms with Gasteiger partial charge in [-0.05, 0) is 37.8 Å². The van der Waals surface area contributed by atoms with Gasteiger partial charge in [0.05, 0.1) is 18.8 Å². The zero-order valence-electron chi connectivity index (χ0n) is 14.2. The Morgan fingerprint density at radius 2 is 1.76 bits per heavy atom. The maximum atomic E-state index is 10.2. The van der Waals surface area contributed by atoms with Gasteiger partial charge in [-0.1, -0.05) is 38.1 Å². The van der Waals surface area contributed by atoms with Crippen molar-refractivity contribution in [3.05, 3.63) is 35.4 Å². The highest BCUT2D eigenvalue weighted by molar-refractivity contribution is 5.25. The number of benzene rings is 1. The summed E-state index contributed by atoms with van der Waals surface area (Å²) in [7, 11) is 0. The van der Waals surface area contributed by atoms with Crippen molar-refractivity contribution in [1.29, 1.82) is 0 Å². The second-order valence-electron chi connectivity index (χ2n) is 6.55. The number of hydrogen-bond donors (Lipinski definition) is 1. The molecule has 0 aromatic heterocycles.